The Hall–Kier alpha value is -3.33. The first-order valence-electron chi connectivity index (χ1n) is 10.4. The molecule has 2 aliphatic heterocycles. The fourth-order valence-corrected chi connectivity index (χ4v) is 4.79. The van der Waals surface area contributed by atoms with Crippen LogP contribution in [0.5, 0.6) is 0 Å². The van der Waals surface area contributed by atoms with Gasteiger partial charge in [0, 0.05) is 68.4 Å². The highest BCUT2D eigenvalue weighted by Crippen LogP contribution is 2.35. The molecule has 3 aromatic heterocycles. The van der Waals surface area contributed by atoms with Gasteiger partial charge in [0.05, 0.1) is 11.9 Å². The standard InChI is InChI=1S/C22H24N6O3/c1-26(14-18-4-7-31-25-18)12-16-2-3-20-17-8-15(11-28(20)21(16)29)10-27(13-17)22(30)19-9-23-5-6-24-19/h2-7,9,15,17H,8,10-14H2,1H3/t15-,17+/m0/s1. The molecule has 9 nitrogen and oxygen atoms in total. The van der Waals surface area contributed by atoms with Gasteiger partial charge in [-0.25, -0.2) is 4.98 Å². The SMILES string of the molecule is CN(Cc1ccon1)Cc1ccc2n(c1=O)C[C@H]1C[C@@H]2CN(C(=O)c2cnccn2)C1. The Balaban J connectivity index is 1.34. The van der Waals surface area contributed by atoms with Gasteiger partial charge in [-0.2, -0.15) is 0 Å². The lowest BCUT2D eigenvalue weighted by Crippen LogP contribution is -2.49. The number of fused-ring (bicyclic) bond motifs is 4. The van der Waals surface area contributed by atoms with Crippen molar-refractivity contribution in [1.29, 1.82) is 0 Å². The van der Waals surface area contributed by atoms with E-state index in [0.717, 1.165) is 23.4 Å². The number of hydrogen-bond donors (Lipinski definition) is 0. The normalized spacial score (nSPS) is 20.0. The smallest absolute Gasteiger partial charge is 0.274 e. The minimum atomic E-state index is -0.0929. The zero-order valence-corrected chi connectivity index (χ0v) is 17.3. The van der Waals surface area contributed by atoms with Gasteiger partial charge < -0.3 is 14.0 Å². The van der Waals surface area contributed by atoms with E-state index < -0.39 is 0 Å². The highest BCUT2D eigenvalue weighted by atomic mass is 16.5. The lowest BCUT2D eigenvalue weighted by molar-refractivity contribution is 0.0588. The van der Waals surface area contributed by atoms with Crippen LogP contribution in [0.4, 0.5) is 0 Å². The van der Waals surface area contributed by atoms with E-state index in [0.29, 0.717) is 38.4 Å². The molecule has 9 heteroatoms. The fraction of sp³-hybridized carbons (Fsp3) is 0.409. The molecular weight excluding hydrogens is 396 g/mol. The van der Waals surface area contributed by atoms with Crippen LogP contribution >= 0.6 is 0 Å². The Morgan fingerprint density at radius 1 is 1.19 bits per heavy atom. The highest BCUT2D eigenvalue weighted by Gasteiger charge is 2.37. The summed E-state index contributed by atoms with van der Waals surface area (Å²) in [5, 5.41) is 3.93. The second kappa shape index (κ2) is 8.07. The summed E-state index contributed by atoms with van der Waals surface area (Å²) >= 11 is 0. The number of hydrogen-bond acceptors (Lipinski definition) is 7. The van der Waals surface area contributed by atoms with E-state index in [1.165, 1.54) is 12.4 Å². The van der Waals surface area contributed by atoms with Gasteiger partial charge in [-0.05, 0) is 25.5 Å². The number of carbonyl (C=O) groups excluding carboxylic acids is 1. The van der Waals surface area contributed by atoms with Gasteiger partial charge in [-0.3, -0.25) is 19.5 Å². The molecule has 31 heavy (non-hydrogen) atoms. The molecular formula is C22H24N6O3. The molecule has 0 N–H and O–H groups in total. The van der Waals surface area contributed by atoms with Crippen molar-refractivity contribution in [2.24, 2.45) is 5.92 Å². The predicted molar refractivity (Wildman–Crippen MR) is 111 cm³/mol. The van der Waals surface area contributed by atoms with Gasteiger partial charge in [0.25, 0.3) is 11.5 Å². The molecule has 3 aromatic rings. The molecule has 2 bridgehead atoms. The summed E-state index contributed by atoms with van der Waals surface area (Å²) in [5.74, 6) is 0.320. The molecule has 1 saturated heterocycles. The van der Waals surface area contributed by atoms with E-state index in [1.807, 2.05) is 33.5 Å². The molecule has 0 radical (unpaired) electrons. The summed E-state index contributed by atoms with van der Waals surface area (Å²) in [7, 11) is 1.96. The summed E-state index contributed by atoms with van der Waals surface area (Å²) in [6.45, 7) is 3.02. The zero-order valence-electron chi connectivity index (χ0n) is 17.3. The first-order valence-corrected chi connectivity index (χ1v) is 10.4. The van der Waals surface area contributed by atoms with Crippen molar-refractivity contribution in [2.45, 2.75) is 32.0 Å². The lowest BCUT2D eigenvalue weighted by Gasteiger charge is -2.42. The largest absolute Gasteiger partial charge is 0.364 e. The number of amides is 1. The summed E-state index contributed by atoms with van der Waals surface area (Å²) < 4.78 is 6.80. The summed E-state index contributed by atoms with van der Waals surface area (Å²) in [6, 6.07) is 5.81. The average molecular weight is 420 g/mol. The molecule has 5 rings (SSSR count). The quantitative estimate of drug-likeness (QED) is 0.617. The van der Waals surface area contributed by atoms with Gasteiger partial charge in [0.2, 0.25) is 0 Å². The van der Waals surface area contributed by atoms with Crippen molar-refractivity contribution in [2.75, 3.05) is 20.1 Å². The number of rotatable bonds is 5. The van der Waals surface area contributed by atoms with Crippen LogP contribution in [-0.2, 0) is 19.6 Å². The Kier molecular flexibility index (Phi) is 5.11. The lowest BCUT2D eigenvalue weighted by atomic mass is 9.83. The Bertz CT molecular complexity index is 1130. The van der Waals surface area contributed by atoms with Crippen molar-refractivity contribution < 1.29 is 9.32 Å². The maximum atomic E-state index is 13.2. The summed E-state index contributed by atoms with van der Waals surface area (Å²) in [4.78, 5) is 38.1. The maximum absolute atomic E-state index is 13.2. The van der Waals surface area contributed by atoms with Gasteiger partial charge in [-0.1, -0.05) is 11.2 Å². The Labute approximate surface area is 179 Å². The molecule has 0 saturated carbocycles. The van der Waals surface area contributed by atoms with E-state index in [1.54, 1.807) is 12.5 Å². The van der Waals surface area contributed by atoms with E-state index >= 15 is 0 Å². The van der Waals surface area contributed by atoms with Crippen LogP contribution in [0.2, 0.25) is 0 Å². The third-order valence-corrected chi connectivity index (χ3v) is 6.12. The third kappa shape index (κ3) is 3.88. The van der Waals surface area contributed by atoms with E-state index in [-0.39, 0.29) is 23.3 Å². The minimum Gasteiger partial charge on any atom is -0.364 e. The fourth-order valence-electron chi connectivity index (χ4n) is 4.79. The Morgan fingerprint density at radius 2 is 2.10 bits per heavy atom. The van der Waals surface area contributed by atoms with Crippen LogP contribution in [-0.4, -0.2) is 55.5 Å². The first kappa shape index (κ1) is 19.6. The molecule has 0 aliphatic carbocycles. The van der Waals surface area contributed by atoms with Gasteiger partial charge in [-0.15, -0.1) is 0 Å². The van der Waals surface area contributed by atoms with E-state index in [9.17, 15) is 9.59 Å². The third-order valence-electron chi connectivity index (χ3n) is 6.12. The molecule has 5 heterocycles. The molecule has 2 atom stereocenters. The number of pyridine rings is 1. The van der Waals surface area contributed by atoms with E-state index in [4.69, 9.17) is 4.52 Å². The predicted octanol–water partition coefficient (Wildman–Crippen LogP) is 1.52. The van der Waals surface area contributed by atoms with Crippen molar-refractivity contribution in [3.63, 3.8) is 0 Å². The minimum absolute atomic E-state index is 0.0629. The molecule has 160 valence electrons. The van der Waals surface area contributed by atoms with Crippen LogP contribution in [0, 0.1) is 5.92 Å². The van der Waals surface area contributed by atoms with Crippen molar-refractivity contribution in [3.8, 4) is 0 Å². The zero-order chi connectivity index (χ0) is 21.4. The van der Waals surface area contributed by atoms with Crippen molar-refractivity contribution in [1.82, 2.24) is 29.5 Å². The van der Waals surface area contributed by atoms with Crippen molar-refractivity contribution >= 4 is 5.91 Å². The first-order chi connectivity index (χ1) is 15.1. The average Bonchev–Trinajstić information content (AvgIpc) is 3.29. The van der Waals surface area contributed by atoms with Crippen LogP contribution < -0.4 is 5.56 Å². The van der Waals surface area contributed by atoms with Gasteiger partial charge in [0.15, 0.2) is 0 Å². The molecule has 0 unspecified atom stereocenters. The van der Waals surface area contributed by atoms with Crippen LogP contribution in [0.25, 0.3) is 0 Å². The second-order valence-electron chi connectivity index (χ2n) is 8.46. The topological polar surface area (TPSA) is 97.4 Å². The second-order valence-corrected chi connectivity index (χ2v) is 8.46. The number of piperidine rings is 1. The number of carbonyl (C=O) groups is 1. The molecule has 1 amide bonds. The van der Waals surface area contributed by atoms with Gasteiger partial charge >= 0.3 is 0 Å². The number of nitrogens with zero attached hydrogens (tertiary/aromatic N) is 6. The van der Waals surface area contributed by atoms with Crippen LogP contribution in [0.15, 0.2) is 52.4 Å². The Morgan fingerprint density at radius 3 is 2.87 bits per heavy atom. The van der Waals surface area contributed by atoms with E-state index in [2.05, 4.69) is 21.2 Å². The van der Waals surface area contributed by atoms with Crippen LogP contribution in [0.3, 0.4) is 0 Å². The maximum Gasteiger partial charge on any atom is 0.274 e. The number of likely N-dealkylation sites (tertiary alicyclic amines) is 1. The summed E-state index contributed by atoms with van der Waals surface area (Å²) in [5.41, 5.74) is 3.05. The monoisotopic (exact) mass is 420 g/mol. The molecule has 1 fully saturated rings. The summed E-state index contributed by atoms with van der Waals surface area (Å²) in [6.07, 6.45) is 7.15. The van der Waals surface area contributed by atoms with Crippen LogP contribution in [0.1, 0.15) is 39.8 Å². The molecule has 0 aromatic carbocycles. The molecule has 2 aliphatic rings. The molecule has 0 spiro atoms. The highest BCUT2D eigenvalue weighted by molar-refractivity contribution is 5.92. The number of aromatic nitrogens is 4. The van der Waals surface area contributed by atoms with Gasteiger partial charge in [0.1, 0.15) is 12.0 Å². The van der Waals surface area contributed by atoms with Crippen molar-refractivity contribution in [3.05, 3.63) is 76.1 Å².